The maximum Gasteiger partial charge on any atom is 0.254 e. The van der Waals surface area contributed by atoms with Crippen LogP contribution in [0.25, 0.3) is 0 Å². The lowest BCUT2D eigenvalue weighted by atomic mass is 9.49. The zero-order chi connectivity index (χ0) is 22.6. The van der Waals surface area contributed by atoms with Crippen molar-refractivity contribution in [2.24, 2.45) is 23.2 Å². The molecule has 5 aliphatic rings. The Kier molecular flexibility index (Phi) is 4.89. The molecule has 0 saturated heterocycles. The van der Waals surface area contributed by atoms with E-state index >= 15 is 0 Å². The molecule has 0 atom stereocenters. The highest BCUT2D eigenvalue weighted by Crippen LogP contribution is 2.60. The molecule has 2 heterocycles. The molecule has 2 amide bonds. The number of methoxy groups -OCH3 is 1. The molecule has 7 rings (SSSR count). The monoisotopic (exact) mass is 446 g/mol. The van der Waals surface area contributed by atoms with Gasteiger partial charge in [-0.1, -0.05) is 0 Å². The molecular formula is C26H30N4O3. The van der Waals surface area contributed by atoms with Gasteiger partial charge in [-0.25, -0.2) is 9.97 Å². The van der Waals surface area contributed by atoms with Crippen LogP contribution in [0.3, 0.4) is 0 Å². The van der Waals surface area contributed by atoms with Crippen molar-refractivity contribution >= 4 is 17.6 Å². The van der Waals surface area contributed by atoms with Crippen molar-refractivity contribution in [2.45, 2.75) is 51.5 Å². The van der Waals surface area contributed by atoms with Crippen molar-refractivity contribution in [3.8, 4) is 5.75 Å². The Morgan fingerprint density at radius 1 is 1.03 bits per heavy atom. The molecule has 0 radical (unpaired) electrons. The summed E-state index contributed by atoms with van der Waals surface area (Å²) in [5, 5.41) is 3.21. The second kappa shape index (κ2) is 7.82. The fourth-order valence-electron chi connectivity index (χ4n) is 7.18. The average Bonchev–Trinajstić information content (AvgIpc) is 2.82. The molecule has 2 aromatic rings. The first-order valence-electron chi connectivity index (χ1n) is 12.1. The van der Waals surface area contributed by atoms with E-state index in [-0.39, 0.29) is 17.2 Å². The summed E-state index contributed by atoms with van der Waals surface area (Å²) in [7, 11) is 1.61. The number of rotatable bonds is 4. The largest absolute Gasteiger partial charge is 0.497 e. The van der Waals surface area contributed by atoms with E-state index in [0.717, 1.165) is 54.0 Å². The van der Waals surface area contributed by atoms with Gasteiger partial charge < -0.3 is 15.0 Å². The highest BCUT2D eigenvalue weighted by molar-refractivity contribution is 5.96. The third-order valence-corrected chi connectivity index (χ3v) is 8.38. The Hall–Kier alpha value is -2.96. The number of nitrogens with one attached hydrogen (secondary N) is 1. The molecule has 0 unspecified atom stereocenters. The molecule has 0 spiro atoms. The number of aromatic nitrogens is 2. The van der Waals surface area contributed by atoms with E-state index in [1.54, 1.807) is 31.4 Å². The summed E-state index contributed by atoms with van der Waals surface area (Å²) in [6.45, 7) is 0.994. The highest BCUT2D eigenvalue weighted by Gasteiger charge is 2.54. The first-order chi connectivity index (χ1) is 16.0. The third kappa shape index (κ3) is 3.58. The highest BCUT2D eigenvalue weighted by atomic mass is 16.5. The number of anilines is 1. The Balaban J connectivity index is 1.18. The summed E-state index contributed by atoms with van der Waals surface area (Å²) >= 11 is 0. The number of carbonyl (C=O) groups excluding carboxylic acids is 2. The number of ether oxygens (including phenoxy) is 1. The average molecular weight is 447 g/mol. The predicted molar refractivity (Wildman–Crippen MR) is 123 cm³/mol. The van der Waals surface area contributed by atoms with Gasteiger partial charge in [0, 0.05) is 17.7 Å². The Morgan fingerprint density at radius 2 is 1.70 bits per heavy atom. The zero-order valence-corrected chi connectivity index (χ0v) is 19.0. The van der Waals surface area contributed by atoms with Crippen molar-refractivity contribution in [1.29, 1.82) is 0 Å². The Morgan fingerprint density at radius 3 is 2.33 bits per heavy atom. The van der Waals surface area contributed by atoms with Crippen molar-refractivity contribution in [3.63, 3.8) is 0 Å². The molecule has 1 N–H and O–H groups in total. The van der Waals surface area contributed by atoms with E-state index in [1.165, 1.54) is 25.6 Å². The molecule has 1 aromatic carbocycles. The molecule has 1 aromatic heterocycles. The molecule has 7 nitrogen and oxygen atoms in total. The van der Waals surface area contributed by atoms with Crippen molar-refractivity contribution < 1.29 is 14.3 Å². The van der Waals surface area contributed by atoms with Crippen LogP contribution in [0.2, 0.25) is 0 Å². The number of fused-ring (bicyclic) bond motifs is 1. The number of carbonyl (C=O) groups is 2. The SMILES string of the molecule is COc1ccc(C(=O)N2CCc3c(ncnc3NC(=O)C34CC5CC(CC(C5)C3)C4)C2)cc1. The molecule has 33 heavy (non-hydrogen) atoms. The van der Waals surface area contributed by atoms with Crippen LogP contribution in [0.15, 0.2) is 30.6 Å². The molecular weight excluding hydrogens is 416 g/mol. The fourth-order valence-corrected chi connectivity index (χ4v) is 7.18. The van der Waals surface area contributed by atoms with Crippen LogP contribution in [0.5, 0.6) is 5.75 Å². The summed E-state index contributed by atoms with van der Waals surface area (Å²) in [6, 6.07) is 7.17. The summed E-state index contributed by atoms with van der Waals surface area (Å²) < 4.78 is 5.19. The van der Waals surface area contributed by atoms with Gasteiger partial charge in [0.25, 0.3) is 5.91 Å². The van der Waals surface area contributed by atoms with Crippen LogP contribution in [-0.2, 0) is 17.8 Å². The Bertz CT molecular complexity index is 1060. The lowest BCUT2D eigenvalue weighted by Gasteiger charge is -2.55. The smallest absolute Gasteiger partial charge is 0.254 e. The maximum atomic E-state index is 13.5. The van der Waals surface area contributed by atoms with E-state index < -0.39 is 0 Å². The van der Waals surface area contributed by atoms with Crippen LogP contribution >= 0.6 is 0 Å². The van der Waals surface area contributed by atoms with E-state index in [4.69, 9.17) is 4.74 Å². The second-order valence-electron chi connectivity index (χ2n) is 10.5. The van der Waals surface area contributed by atoms with Crippen molar-refractivity contribution in [1.82, 2.24) is 14.9 Å². The van der Waals surface area contributed by atoms with Crippen molar-refractivity contribution in [3.05, 3.63) is 47.4 Å². The molecule has 1 aliphatic heterocycles. The second-order valence-corrected chi connectivity index (χ2v) is 10.5. The third-order valence-electron chi connectivity index (χ3n) is 8.38. The van der Waals surface area contributed by atoms with Crippen LogP contribution in [0.1, 0.15) is 60.1 Å². The molecule has 4 fully saturated rings. The molecule has 4 bridgehead atoms. The molecule has 4 saturated carbocycles. The Labute approximate surface area is 193 Å². The number of hydrogen-bond donors (Lipinski definition) is 1. The topological polar surface area (TPSA) is 84.4 Å². The van der Waals surface area contributed by atoms with Gasteiger partial charge >= 0.3 is 0 Å². The number of benzene rings is 1. The van der Waals surface area contributed by atoms with Crippen LogP contribution in [-0.4, -0.2) is 40.3 Å². The minimum atomic E-state index is -0.211. The van der Waals surface area contributed by atoms with Gasteiger partial charge in [-0.2, -0.15) is 0 Å². The minimum Gasteiger partial charge on any atom is -0.497 e. The number of amides is 2. The fraction of sp³-hybridized carbons (Fsp3) is 0.538. The van der Waals surface area contributed by atoms with Gasteiger partial charge in [-0.15, -0.1) is 0 Å². The van der Waals surface area contributed by atoms with Gasteiger partial charge in [-0.05, 0) is 87.0 Å². The number of nitrogens with zero attached hydrogens (tertiary/aromatic N) is 3. The standard InChI is InChI=1S/C26H30N4O3/c1-33-20-4-2-19(3-5-20)24(31)30-7-6-21-22(14-30)27-15-28-23(21)29-25(32)26-11-16-8-17(12-26)10-18(9-16)13-26/h2-5,15-18H,6-14H2,1H3,(H,27,28,29,32). The maximum absolute atomic E-state index is 13.5. The summed E-state index contributed by atoms with van der Waals surface area (Å²) in [4.78, 5) is 37.2. The van der Waals surface area contributed by atoms with Crippen LogP contribution in [0, 0.1) is 23.2 Å². The zero-order valence-electron chi connectivity index (χ0n) is 19.0. The van der Waals surface area contributed by atoms with Gasteiger partial charge in [0.05, 0.1) is 24.8 Å². The van der Waals surface area contributed by atoms with Gasteiger partial charge in [0.2, 0.25) is 5.91 Å². The summed E-state index contributed by atoms with van der Waals surface area (Å²) in [5.74, 6) is 3.65. The van der Waals surface area contributed by atoms with E-state index in [1.807, 2.05) is 4.90 Å². The summed E-state index contributed by atoms with van der Waals surface area (Å²) in [6.07, 6.45) is 9.17. The quantitative estimate of drug-likeness (QED) is 0.771. The number of hydrogen-bond acceptors (Lipinski definition) is 5. The molecule has 172 valence electrons. The first-order valence-corrected chi connectivity index (χ1v) is 12.1. The van der Waals surface area contributed by atoms with Crippen LogP contribution < -0.4 is 10.1 Å². The van der Waals surface area contributed by atoms with Crippen LogP contribution in [0.4, 0.5) is 5.82 Å². The lowest BCUT2D eigenvalue weighted by molar-refractivity contribution is -0.140. The lowest BCUT2D eigenvalue weighted by Crippen LogP contribution is -2.52. The first kappa shape index (κ1) is 20.6. The predicted octanol–water partition coefficient (Wildman–Crippen LogP) is 3.84. The summed E-state index contributed by atoms with van der Waals surface area (Å²) in [5.41, 5.74) is 2.20. The van der Waals surface area contributed by atoms with Crippen molar-refractivity contribution in [2.75, 3.05) is 19.0 Å². The molecule has 4 aliphatic carbocycles. The minimum absolute atomic E-state index is 0.0268. The van der Waals surface area contributed by atoms with Gasteiger partial charge in [-0.3, -0.25) is 9.59 Å². The van der Waals surface area contributed by atoms with Gasteiger partial charge in [0.1, 0.15) is 17.9 Å². The van der Waals surface area contributed by atoms with E-state index in [0.29, 0.717) is 30.9 Å². The van der Waals surface area contributed by atoms with Gasteiger partial charge in [0.15, 0.2) is 0 Å². The molecule has 7 heteroatoms. The van der Waals surface area contributed by atoms with E-state index in [2.05, 4.69) is 15.3 Å². The normalized spacial score (nSPS) is 29.5. The van der Waals surface area contributed by atoms with E-state index in [9.17, 15) is 9.59 Å².